The van der Waals surface area contributed by atoms with Crippen LogP contribution in [0.25, 0.3) is 16.5 Å². The van der Waals surface area contributed by atoms with Gasteiger partial charge in [0.15, 0.2) is 17.4 Å². The summed E-state index contributed by atoms with van der Waals surface area (Å²) >= 11 is 23.8. The molecule has 1 radical (unpaired) electrons. The molecule has 63 heteroatoms. The van der Waals surface area contributed by atoms with Crippen molar-refractivity contribution in [3.05, 3.63) is 176 Å². The number of fused-ring (bicyclic) bond motifs is 1. The second kappa shape index (κ2) is 40.5. The number of anilines is 12. The maximum Gasteiger partial charge on any atom is 1.00 e. The van der Waals surface area contributed by atoms with E-state index in [2.05, 4.69) is 107 Å². The van der Waals surface area contributed by atoms with E-state index in [4.69, 9.17) is 46.4 Å². The molecule has 5 heterocycles. The molecule has 0 fully saturated rings. The Morgan fingerprint density at radius 3 is 1.25 bits per heavy atom. The van der Waals surface area contributed by atoms with Gasteiger partial charge in [-0.25, -0.2) is 9.78 Å². The molecular weight excluding hydrogens is 1920 g/mol. The van der Waals surface area contributed by atoms with Gasteiger partial charge in [0.05, 0.1) is 37.4 Å². The van der Waals surface area contributed by atoms with Crippen molar-refractivity contribution in [1.82, 2.24) is 59.6 Å². The number of phenolic OH excluding ortho intramolecular Hbond substituents is 3. The summed E-state index contributed by atoms with van der Waals surface area (Å²) in [5.41, 5.74) is -3.94. The van der Waals surface area contributed by atoms with Gasteiger partial charge in [-0.3, -0.25) is 27.3 Å². The van der Waals surface area contributed by atoms with E-state index in [1.807, 2.05) is 0 Å². The molecular formula is C58H37Cl4CoF4N22Na4O22S6+3. The van der Waals surface area contributed by atoms with E-state index in [9.17, 15) is 115 Å². The van der Waals surface area contributed by atoms with Crippen molar-refractivity contribution in [2.24, 2.45) is 20.5 Å². The summed E-state index contributed by atoms with van der Waals surface area (Å²) in [5.74, 6) is -8.13. The minimum atomic E-state index is -5.41. The van der Waals surface area contributed by atoms with Crippen LogP contribution in [-0.2, 0) is 77.5 Å². The molecule has 44 nitrogen and oxygen atoms in total. The average molecular weight is 1960 g/mol. The topological polar surface area (TPSA) is 672 Å². The van der Waals surface area contributed by atoms with Crippen LogP contribution < -0.4 is 156 Å². The minimum Gasteiger partial charge on any atom is -0.506 e. The van der Waals surface area contributed by atoms with Crippen molar-refractivity contribution in [3.63, 3.8) is 0 Å². The van der Waals surface area contributed by atoms with Crippen LogP contribution >= 0.6 is 46.4 Å². The van der Waals surface area contributed by atoms with Gasteiger partial charge in [-0.2, -0.15) is 123 Å². The van der Waals surface area contributed by atoms with Crippen LogP contribution in [0.3, 0.4) is 0 Å². The van der Waals surface area contributed by atoms with Crippen LogP contribution in [0.1, 0.15) is 5.69 Å². The number of aromatic nitrogens is 12. The molecule has 0 bridgehead atoms. The molecule has 121 heavy (non-hydrogen) atoms. The number of benzene rings is 7. The van der Waals surface area contributed by atoms with E-state index in [1.54, 1.807) is 0 Å². The molecule has 0 saturated heterocycles. The molecule has 12 aromatic rings. The minimum absolute atomic E-state index is 0. The van der Waals surface area contributed by atoms with E-state index < -0.39 is 209 Å². The summed E-state index contributed by atoms with van der Waals surface area (Å²) in [6.45, 7) is 1.47. The maximum absolute atomic E-state index is 13.9. The molecule has 0 atom stereocenters. The van der Waals surface area contributed by atoms with Crippen LogP contribution in [0, 0.1) is 31.0 Å². The first-order chi connectivity index (χ1) is 54.0. The first-order valence-corrected chi connectivity index (χ1v) is 40.3. The number of aromatic hydroxyl groups is 3. The number of hydrogen-bond donors (Lipinski definition) is 15. The molecule has 5 aromatic heterocycles. The Bertz CT molecular complexity index is 7000. The number of rotatable bonds is 23. The predicted octanol–water partition coefficient (Wildman–Crippen LogP) is -0.877. The van der Waals surface area contributed by atoms with Crippen molar-refractivity contribution in [1.29, 1.82) is 0 Å². The van der Waals surface area contributed by atoms with E-state index >= 15 is 0 Å². The van der Waals surface area contributed by atoms with Gasteiger partial charge in [-0.15, -0.1) is 15.9 Å². The quantitative estimate of drug-likeness (QED) is 0.00703. The number of hydrogen-bond acceptors (Lipinski definition) is 37. The van der Waals surface area contributed by atoms with Crippen molar-refractivity contribution < 1.29 is 246 Å². The Kier molecular flexibility index (Phi) is 34.1. The van der Waals surface area contributed by atoms with Crippen molar-refractivity contribution >= 4 is 210 Å². The fourth-order valence-corrected chi connectivity index (χ4v) is 13.7. The monoisotopic (exact) mass is 1950 g/mol. The third-order valence-electron chi connectivity index (χ3n) is 14.6. The molecule has 613 valence electrons. The van der Waals surface area contributed by atoms with Crippen molar-refractivity contribution in [2.75, 3.05) is 31.9 Å². The normalized spacial score (nSPS) is 11.7. The second-order valence-corrected chi connectivity index (χ2v) is 32.3. The fraction of sp³-hybridized carbons (Fsp3) is 0.0172. The molecule has 0 amide bonds. The van der Waals surface area contributed by atoms with Crippen LogP contribution in [-0.4, -0.2) is 153 Å². The van der Waals surface area contributed by atoms with Gasteiger partial charge in [0.25, 0.3) is 60.7 Å². The summed E-state index contributed by atoms with van der Waals surface area (Å²) in [6, 6.07) is 18.8. The van der Waals surface area contributed by atoms with Crippen molar-refractivity contribution in [2.45, 2.75) is 36.3 Å². The van der Waals surface area contributed by atoms with E-state index in [-0.39, 0.29) is 192 Å². The Hall–Kier alpha value is -7.76. The zero-order chi connectivity index (χ0) is 84.8. The summed E-state index contributed by atoms with van der Waals surface area (Å²) in [6.07, 6.45) is -2.95. The number of nitrogens with one attached hydrogen (secondary N) is 6. The molecule has 15 N–H and O–H groups in total. The fourth-order valence-electron chi connectivity index (χ4n) is 9.67. The molecule has 7 aromatic carbocycles. The van der Waals surface area contributed by atoms with Crippen molar-refractivity contribution in [3.8, 4) is 22.9 Å². The number of aryl methyl sites for hydroxylation is 1. The molecule has 0 aliphatic rings. The van der Waals surface area contributed by atoms with Gasteiger partial charge >= 0.3 is 130 Å². The zero-order valence-electron chi connectivity index (χ0n) is 60.3. The number of halogens is 8. The summed E-state index contributed by atoms with van der Waals surface area (Å²) < 4.78 is 259. The zero-order valence-corrected chi connectivity index (χ0v) is 77.2. The molecule has 0 aliphatic carbocycles. The Labute approximate surface area is 793 Å². The van der Waals surface area contributed by atoms with E-state index in [0.29, 0.717) is 30.0 Å². The molecule has 0 aliphatic heterocycles. The van der Waals surface area contributed by atoms with Gasteiger partial charge in [0.2, 0.25) is 46.3 Å². The summed E-state index contributed by atoms with van der Waals surface area (Å²) in [5, 5.41) is 62.2. The second-order valence-electron chi connectivity index (χ2n) is 22.5. The number of nitrogens with zero attached hydrogens (tertiary/aromatic N) is 16. The third kappa shape index (κ3) is 25.3. The van der Waals surface area contributed by atoms with Gasteiger partial charge in [-0.05, 0) is 144 Å². The standard InChI is InChI=1S/C29H19Cl2F2N12O8S2.C29H18Cl2F2N10O14S4.Co.4Na/c1-12-22(43-42-17-11-16(54(48,49)50)7-8-19(17)46)25(47)45(44-12)15-5-2-13(3-6-15)35-28-39-26(31)40-29(41-28)36-18-10-14(4-9-20(18)55(51,52)53)34-24-21(30)23(32)37-27(33)38-24;30-21-24(32)37-27(33)38-25(21)34-11-1-4-18(60(52,53)54)15(7-11)35-28-39-26(31)40-29(41-28)36-16-9-13(59(49,50)51)5-10-6-19(61(55,56)57)22(23(45)20(10)16)43-42-14-8-12(58(46,47)48)2-3-17(14)44;;;;;/h2-11,46H,1H3,(H,34,37,38)(H,48,49,50)(H,51,52,53)(H2,35,36,39,40,41);1-9,44-45H,(H,34,37,38)(H,46,47,48)(H,49,50,51)(H,52,53,54)(H,55,56,57)(H2,35,36,39,40,41);;;;;/q-1;;;4*+1. The Morgan fingerprint density at radius 2 is 0.826 bits per heavy atom. The van der Waals surface area contributed by atoms with E-state index in [1.165, 1.54) is 31.2 Å². The van der Waals surface area contributed by atoms with Gasteiger partial charge < -0.3 is 57.1 Å². The first-order valence-electron chi connectivity index (χ1n) is 30.1. The van der Waals surface area contributed by atoms with E-state index in [0.717, 1.165) is 71.4 Å². The average Bonchev–Trinajstić information content (AvgIpc) is 1.17. The summed E-state index contributed by atoms with van der Waals surface area (Å²) in [7, 11) is -30.0. The SMILES string of the molecule is Cc1nn(-c2ccc(Nc3nc(Cl)nc(Nc4cc(Nc5nc(F)nc(F)c5Cl)ccc4S(=O)(=O)O)n3)cc2)c(=O)[c-]1N=Nc1cc(S(=O)(=O)O)ccc1O.O=S(=O)(O)c1ccc(O)c(N=Nc2c(S(=O)(=O)O)cc3cc(S(=O)(=O)O)cc(Nc4nc(Cl)nc(Nc5cc(Nc6nc(F)nc(F)c6Cl)ccc5S(=O)(=O)O)n4)c3c2O)c1.[Co].[Na+].[Na+].[Na+].[Na+]. The Morgan fingerprint density at radius 1 is 0.421 bits per heavy atom. The number of phenols is 3. The largest absolute Gasteiger partial charge is 1.00 e. The molecule has 0 unspecified atom stereocenters. The van der Waals surface area contributed by atoms with Crippen LogP contribution in [0.4, 0.5) is 110 Å². The van der Waals surface area contributed by atoms with Crippen LogP contribution in [0.5, 0.6) is 17.2 Å². The van der Waals surface area contributed by atoms with Gasteiger partial charge in [-0.1, -0.05) is 35.8 Å². The van der Waals surface area contributed by atoms with Gasteiger partial charge in [0.1, 0.15) is 58.9 Å². The molecule has 0 spiro atoms. The predicted molar refractivity (Wildman–Crippen MR) is 395 cm³/mol. The maximum atomic E-state index is 13.9. The number of azo groups is 2. The summed E-state index contributed by atoms with van der Waals surface area (Å²) in [4.78, 5) is 44.1. The first kappa shape index (κ1) is 102. The smallest absolute Gasteiger partial charge is 0.506 e. The Balaban J connectivity index is 0.000000362. The molecule has 0 saturated carbocycles. The van der Waals surface area contributed by atoms with Crippen LogP contribution in [0.15, 0.2) is 170 Å². The third-order valence-corrected chi connectivity index (χ3v) is 20.9. The van der Waals surface area contributed by atoms with Gasteiger partial charge in [0, 0.05) is 39.2 Å². The van der Waals surface area contributed by atoms with Crippen LogP contribution in [0.2, 0.25) is 20.6 Å². The molecule has 12 rings (SSSR count).